The van der Waals surface area contributed by atoms with Crippen LogP contribution in [0.25, 0.3) is 12.2 Å². The average Bonchev–Trinajstić information content (AvgIpc) is 3.13. The maximum absolute atomic E-state index is 6.60. The molecule has 2 aromatic rings. The first kappa shape index (κ1) is 20.7. The number of fused-ring (bicyclic) bond motifs is 2. The van der Waals surface area contributed by atoms with Crippen molar-refractivity contribution in [3.63, 3.8) is 0 Å². The smallest absolute Gasteiger partial charge is 0.0804 e. The van der Waals surface area contributed by atoms with E-state index in [1.54, 1.807) is 6.92 Å². The van der Waals surface area contributed by atoms with Gasteiger partial charge in [-0.2, -0.15) is 6.92 Å². The summed E-state index contributed by atoms with van der Waals surface area (Å²) in [6, 6.07) is 16.7. The summed E-state index contributed by atoms with van der Waals surface area (Å²) in [5.74, 6) is 0. The molecule has 25 heavy (non-hydrogen) atoms. The normalized spacial score (nSPS) is 19.7. The van der Waals surface area contributed by atoms with E-state index in [1.165, 1.54) is 33.4 Å². The Balaban J connectivity index is 0.000000726. The van der Waals surface area contributed by atoms with Gasteiger partial charge in [0, 0.05) is 26.2 Å². The SMILES string of the molecule is ClC1C(CCC2=Cc3ccccc3C2Cl)=Cc2ccccc21.[CH2-]C.[Zr]. The second kappa shape index (κ2) is 9.36. The fourth-order valence-corrected chi connectivity index (χ4v) is 4.12. The van der Waals surface area contributed by atoms with Gasteiger partial charge in [0.1, 0.15) is 0 Å². The molecular formula is C22H21Cl2Zr-. The van der Waals surface area contributed by atoms with Gasteiger partial charge >= 0.3 is 0 Å². The van der Waals surface area contributed by atoms with Crippen molar-refractivity contribution >= 4 is 35.4 Å². The summed E-state index contributed by atoms with van der Waals surface area (Å²) in [7, 11) is 0. The van der Waals surface area contributed by atoms with Crippen molar-refractivity contribution < 1.29 is 26.2 Å². The molecule has 4 rings (SSSR count). The van der Waals surface area contributed by atoms with E-state index in [0.29, 0.717) is 0 Å². The summed E-state index contributed by atoms with van der Waals surface area (Å²) in [5.41, 5.74) is 7.55. The van der Waals surface area contributed by atoms with Crippen LogP contribution in [-0.4, -0.2) is 0 Å². The van der Waals surface area contributed by atoms with Crippen LogP contribution in [0.1, 0.15) is 52.8 Å². The molecule has 0 nitrogen and oxygen atoms in total. The van der Waals surface area contributed by atoms with Crippen molar-refractivity contribution in [2.45, 2.75) is 30.5 Å². The predicted molar refractivity (Wildman–Crippen MR) is 106 cm³/mol. The molecule has 2 unspecified atom stereocenters. The number of allylic oxidation sites excluding steroid dienone is 2. The maximum atomic E-state index is 6.60. The number of benzene rings is 2. The van der Waals surface area contributed by atoms with Crippen molar-refractivity contribution in [3.05, 3.63) is 88.9 Å². The molecule has 2 aliphatic rings. The first-order chi connectivity index (χ1) is 11.7. The quantitative estimate of drug-likeness (QED) is 0.341. The van der Waals surface area contributed by atoms with E-state index in [9.17, 15) is 0 Å². The minimum atomic E-state index is 0. The van der Waals surface area contributed by atoms with Gasteiger partial charge in [-0.05, 0) is 46.2 Å². The molecule has 0 aliphatic heterocycles. The maximum Gasteiger partial charge on any atom is 0.0804 e. The molecule has 2 aromatic carbocycles. The molecule has 3 heteroatoms. The van der Waals surface area contributed by atoms with E-state index in [1.807, 2.05) is 0 Å². The van der Waals surface area contributed by atoms with Crippen LogP contribution in [0.4, 0.5) is 0 Å². The molecule has 0 aromatic heterocycles. The van der Waals surface area contributed by atoms with Gasteiger partial charge < -0.3 is 6.92 Å². The van der Waals surface area contributed by atoms with Gasteiger partial charge in [-0.3, -0.25) is 0 Å². The third kappa shape index (κ3) is 4.21. The van der Waals surface area contributed by atoms with E-state index in [-0.39, 0.29) is 37.0 Å². The van der Waals surface area contributed by atoms with Crippen molar-refractivity contribution in [1.82, 2.24) is 0 Å². The van der Waals surface area contributed by atoms with Gasteiger partial charge in [0.05, 0.1) is 10.8 Å². The van der Waals surface area contributed by atoms with Crippen LogP contribution in [0.3, 0.4) is 0 Å². The van der Waals surface area contributed by atoms with Crippen LogP contribution in [0, 0.1) is 6.92 Å². The molecule has 0 saturated heterocycles. The van der Waals surface area contributed by atoms with Crippen molar-refractivity contribution in [2.75, 3.05) is 0 Å². The summed E-state index contributed by atoms with van der Waals surface area (Å²) < 4.78 is 0. The van der Waals surface area contributed by atoms with E-state index in [4.69, 9.17) is 23.2 Å². The Morgan fingerprint density at radius 3 is 1.44 bits per heavy atom. The number of hydrogen-bond donors (Lipinski definition) is 0. The monoisotopic (exact) mass is 445 g/mol. The molecular weight excluding hydrogens is 426 g/mol. The average molecular weight is 448 g/mol. The zero-order valence-electron chi connectivity index (χ0n) is 14.3. The second-order valence-corrected chi connectivity index (χ2v) is 6.79. The summed E-state index contributed by atoms with van der Waals surface area (Å²) in [6.07, 6.45) is 6.40. The Morgan fingerprint density at radius 1 is 0.720 bits per heavy atom. The Bertz CT molecular complexity index is 725. The van der Waals surface area contributed by atoms with Crippen LogP contribution in [0.15, 0.2) is 59.7 Å². The number of halogens is 2. The Hall–Kier alpha value is -0.617. The molecule has 128 valence electrons. The Morgan fingerprint density at radius 2 is 1.08 bits per heavy atom. The van der Waals surface area contributed by atoms with Crippen LogP contribution >= 0.6 is 23.2 Å². The van der Waals surface area contributed by atoms with Gasteiger partial charge in [0.2, 0.25) is 0 Å². The summed E-state index contributed by atoms with van der Waals surface area (Å²) in [5, 5.41) is 0.0173. The minimum Gasteiger partial charge on any atom is -0.346 e. The van der Waals surface area contributed by atoms with Crippen LogP contribution in [0.2, 0.25) is 0 Å². The minimum absolute atomic E-state index is 0. The molecule has 0 amide bonds. The fraction of sp³-hybridized carbons (Fsp3) is 0.227. The Labute approximate surface area is 180 Å². The molecule has 0 bridgehead atoms. The zero-order valence-corrected chi connectivity index (χ0v) is 18.3. The molecule has 2 atom stereocenters. The van der Waals surface area contributed by atoms with Gasteiger partial charge in [0.25, 0.3) is 0 Å². The number of hydrogen-bond acceptors (Lipinski definition) is 0. The zero-order chi connectivity index (χ0) is 17.1. The summed E-state index contributed by atoms with van der Waals surface area (Å²) in [6.45, 7) is 5.00. The van der Waals surface area contributed by atoms with Gasteiger partial charge in [-0.1, -0.05) is 60.7 Å². The van der Waals surface area contributed by atoms with Crippen molar-refractivity contribution in [2.24, 2.45) is 0 Å². The first-order valence-corrected chi connectivity index (χ1v) is 9.19. The Kier molecular flexibility index (Phi) is 7.74. The molecule has 0 fully saturated rings. The van der Waals surface area contributed by atoms with Gasteiger partial charge in [-0.15, -0.1) is 23.2 Å². The van der Waals surface area contributed by atoms with E-state index in [0.717, 1.165) is 12.8 Å². The molecule has 0 spiro atoms. The largest absolute Gasteiger partial charge is 0.346 e. The van der Waals surface area contributed by atoms with E-state index >= 15 is 0 Å². The van der Waals surface area contributed by atoms with E-state index in [2.05, 4.69) is 67.6 Å². The third-order valence-electron chi connectivity index (χ3n) is 4.57. The molecule has 0 saturated carbocycles. The molecule has 0 radical (unpaired) electrons. The first-order valence-electron chi connectivity index (χ1n) is 8.31. The topological polar surface area (TPSA) is 0 Å². The van der Waals surface area contributed by atoms with Crippen LogP contribution in [0.5, 0.6) is 0 Å². The second-order valence-electron chi connectivity index (χ2n) is 5.92. The summed E-state index contributed by atoms with van der Waals surface area (Å²) in [4.78, 5) is 0. The van der Waals surface area contributed by atoms with Gasteiger partial charge in [0.15, 0.2) is 0 Å². The molecule has 0 N–H and O–H groups in total. The number of rotatable bonds is 3. The third-order valence-corrected chi connectivity index (χ3v) is 5.60. The van der Waals surface area contributed by atoms with Crippen LogP contribution < -0.4 is 0 Å². The van der Waals surface area contributed by atoms with E-state index < -0.39 is 0 Å². The standard InChI is InChI=1S/C20H16Cl2.C2H5.Zr/c21-19-15(11-13-5-1-3-7-17(13)19)9-10-16-12-14-6-2-4-8-18(14)20(16)22;1-2;/h1-8,11-12,19-20H,9-10H2;1H2,2H3;/q;-1;. The van der Waals surface area contributed by atoms with Crippen molar-refractivity contribution in [3.8, 4) is 0 Å². The summed E-state index contributed by atoms with van der Waals surface area (Å²) >= 11 is 13.2. The van der Waals surface area contributed by atoms with Gasteiger partial charge in [-0.25, -0.2) is 0 Å². The molecule has 2 aliphatic carbocycles. The molecule has 0 heterocycles. The number of alkyl halides is 2. The van der Waals surface area contributed by atoms with Crippen molar-refractivity contribution in [1.29, 1.82) is 0 Å². The fourth-order valence-electron chi connectivity index (χ4n) is 3.38. The predicted octanol–water partition coefficient (Wildman–Crippen LogP) is 7.36. The van der Waals surface area contributed by atoms with Crippen LogP contribution in [-0.2, 0) is 26.2 Å².